The average molecular weight is 313 g/mol. The van der Waals surface area contributed by atoms with E-state index in [1.54, 1.807) is 19.5 Å². The van der Waals surface area contributed by atoms with Gasteiger partial charge in [-0.1, -0.05) is 6.07 Å². The van der Waals surface area contributed by atoms with Crippen LogP contribution >= 0.6 is 11.3 Å². The molecule has 3 rings (SSSR count). The molecule has 0 radical (unpaired) electrons. The molecule has 1 amide bonds. The van der Waals surface area contributed by atoms with Crippen molar-refractivity contribution in [3.8, 4) is 5.75 Å². The zero-order valence-electron chi connectivity index (χ0n) is 12.3. The number of nitrogens with one attached hydrogen (secondary N) is 1. The van der Waals surface area contributed by atoms with Crippen LogP contribution in [0.1, 0.15) is 20.9 Å². The lowest BCUT2D eigenvalue weighted by molar-refractivity contribution is 0.0950. The van der Waals surface area contributed by atoms with Crippen LogP contribution in [0.15, 0.2) is 36.7 Å². The van der Waals surface area contributed by atoms with E-state index in [0.29, 0.717) is 17.3 Å². The number of carbonyl (C=O) groups excluding carboxylic acids is 1. The van der Waals surface area contributed by atoms with E-state index in [9.17, 15) is 4.79 Å². The predicted molar refractivity (Wildman–Crippen MR) is 86.3 cm³/mol. The number of fused-ring (bicyclic) bond motifs is 1. The first-order valence-corrected chi connectivity index (χ1v) is 7.62. The molecule has 2 aromatic heterocycles. The molecule has 5 nitrogen and oxygen atoms in total. The number of ether oxygens (including phenoxy) is 1. The Morgan fingerprint density at radius 2 is 2.05 bits per heavy atom. The monoisotopic (exact) mass is 313 g/mol. The molecule has 1 aromatic carbocycles. The summed E-state index contributed by atoms with van der Waals surface area (Å²) in [5, 5.41) is 3.31. The molecule has 0 unspecified atom stereocenters. The van der Waals surface area contributed by atoms with Crippen molar-refractivity contribution in [3.63, 3.8) is 0 Å². The van der Waals surface area contributed by atoms with Gasteiger partial charge in [-0.05, 0) is 36.2 Å². The Bertz CT molecular complexity index is 815. The summed E-state index contributed by atoms with van der Waals surface area (Å²) in [6, 6.07) is 7.58. The molecule has 2 heterocycles. The first-order chi connectivity index (χ1) is 10.7. The van der Waals surface area contributed by atoms with Gasteiger partial charge in [0.15, 0.2) is 5.01 Å². The molecule has 22 heavy (non-hydrogen) atoms. The molecule has 0 bridgehead atoms. The van der Waals surface area contributed by atoms with Crippen LogP contribution in [0.5, 0.6) is 5.75 Å². The third-order valence-electron chi connectivity index (χ3n) is 3.32. The Morgan fingerprint density at radius 1 is 1.27 bits per heavy atom. The minimum absolute atomic E-state index is 0.181. The van der Waals surface area contributed by atoms with Crippen LogP contribution in [0.25, 0.3) is 10.2 Å². The number of hydrogen-bond donors (Lipinski definition) is 1. The number of methoxy groups -OCH3 is 1. The van der Waals surface area contributed by atoms with Crippen molar-refractivity contribution in [2.75, 3.05) is 7.11 Å². The summed E-state index contributed by atoms with van der Waals surface area (Å²) in [5.74, 6) is 0.504. The highest BCUT2D eigenvalue weighted by Crippen LogP contribution is 2.32. The van der Waals surface area contributed by atoms with E-state index >= 15 is 0 Å². The molecule has 6 heteroatoms. The summed E-state index contributed by atoms with van der Waals surface area (Å²) in [4.78, 5) is 20.7. The van der Waals surface area contributed by atoms with Crippen molar-refractivity contribution in [1.82, 2.24) is 15.3 Å². The zero-order valence-corrected chi connectivity index (χ0v) is 13.1. The number of thiazole rings is 1. The third kappa shape index (κ3) is 2.78. The van der Waals surface area contributed by atoms with Crippen LogP contribution in [-0.2, 0) is 6.54 Å². The second-order valence-electron chi connectivity index (χ2n) is 4.82. The van der Waals surface area contributed by atoms with Crippen LogP contribution in [0.4, 0.5) is 0 Å². The highest BCUT2D eigenvalue weighted by Gasteiger charge is 2.16. The number of benzene rings is 1. The van der Waals surface area contributed by atoms with Crippen LogP contribution in [0.2, 0.25) is 0 Å². The number of carbonyl (C=O) groups is 1. The van der Waals surface area contributed by atoms with Crippen molar-refractivity contribution in [2.45, 2.75) is 13.5 Å². The van der Waals surface area contributed by atoms with Crippen LogP contribution < -0.4 is 10.1 Å². The topological polar surface area (TPSA) is 64.1 Å². The summed E-state index contributed by atoms with van der Waals surface area (Å²) in [5.41, 5.74) is 2.82. The second kappa shape index (κ2) is 6.11. The van der Waals surface area contributed by atoms with Gasteiger partial charge in [0.25, 0.3) is 5.91 Å². The molecule has 1 N–H and O–H groups in total. The van der Waals surface area contributed by atoms with Gasteiger partial charge in [0.05, 0.1) is 11.8 Å². The Labute approximate surface area is 132 Å². The smallest absolute Gasteiger partial charge is 0.280 e. The van der Waals surface area contributed by atoms with Gasteiger partial charge < -0.3 is 10.1 Å². The average Bonchev–Trinajstić information content (AvgIpc) is 3.00. The summed E-state index contributed by atoms with van der Waals surface area (Å²) in [6.07, 6.45) is 3.40. The SMILES string of the molecule is COc1ccc(C)c2sc(C(=O)NCc3ccncc3)nc12. The van der Waals surface area contributed by atoms with Crippen molar-refractivity contribution in [1.29, 1.82) is 0 Å². The predicted octanol–water partition coefficient (Wildman–Crippen LogP) is 2.94. The van der Waals surface area contributed by atoms with Crippen molar-refractivity contribution in [2.24, 2.45) is 0 Å². The van der Waals surface area contributed by atoms with Gasteiger partial charge in [-0.2, -0.15) is 0 Å². The molecule has 0 fully saturated rings. The molecule has 0 saturated heterocycles. The maximum absolute atomic E-state index is 12.3. The largest absolute Gasteiger partial charge is 0.494 e. The quantitative estimate of drug-likeness (QED) is 0.804. The van der Waals surface area contributed by atoms with Gasteiger partial charge in [0, 0.05) is 18.9 Å². The number of nitrogens with zero attached hydrogens (tertiary/aromatic N) is 2. The minimum atomic E-state index is -0.181. The lowest BCUT2D eigenvalue weighted by Crippen LogP contribution is -2.22. The summed E-state index contributed by atoms with van der Waals surface area (Å²) >= 11 is 1.38. The molecular weight excluding hydrogens is 298 g/mol. The molecule has 0 atom stereocenters. The number of pyridine rings is 1. The number of hydrogen-bond acceptors (Lipinski definition) is 5. The lowest BCUT2D eigenvalue weighted by atomic mass is 10.2. The van der Waals surface area contributed by atoms with Crippen molar-refractivity contribution < 1.29 is 9.53 Å². The molecule has 3 aromatic rings. The maximum atomic E-state index is 12.3. The van der Waals surface area contributed by atoms with E-state index in [0.717, 1.165) is 21.3 Å². The Hall–Kier alpha value is -2.47. The first kappa shape index (κ1) is 14.5. The van der Waals surface area contributed by atoms with E-state index in [1.807, 2.05) is 31.2 Å². The van der Waals surface area contributed by atoms with Gasteiger partial charge in [0.1, 0.15) is 11.3 Å². The maximum Gasteiger partial charge on any atom is 0.280 e. The molecule has 0 saturated carbocycles. The summed E-state index contributed by atoms with van der Waals surface area (Å²) < 4.78 is 6.29. The van der Waals surface area contributed by atoms with Crippen LogP contribution in [0.3, 0.4) is 0 Å². The summed E-state index contributed by atoms with van der Waals surface area (Å²) in [6.45, 7) is 2.45. The van der Waals surface area contributed by atoms with E-state index in [2.05, 4.69) is 15.3 Å². The van der Waals surface area contributed by atoms with E-state index < -0.39 is 0 Å². The van der Waals surface area contributed by atoms with Crippen molar-refractivity contribution >= 4 is 27.5 Å². The standard InChI is InChI=1S/C16H15N3O2S/c1-10-3-4-12(21-2)13-14(10)22-16(19-13)15(20)18-9-11-5-7-17-8-6-11/h3-8H,9H2,1-2H3,(H,18,20). The second-order valence-corrected chi connectivity index (χ2v) is 5.82. The lowest BCUT2D eigenvalue weighted by Gasteiger charge is -2.02. The Morgan fingerprint density at radius 3 is 2.77 bits per heavy atom. The Kier molecular flexibility index (Phi) is 4.02. The summed E-state index contributed by atoms with van der Waals surface area (Å²) in [7, 11) is 1.60. The first-order valence-electron chi connectivity index (χ1n) is 6.80. The molecule has 0 aliphatic carbocycles. The van der Waals surface area contributed by atoms with Gasteiger partial charge in [0.2, 0.25) is 0 Å². The third-order valence-corrected chi connectivity index (χ3v) is 4.51. The fourth-order valence-corrected chi connectivity index (χ4v) is 3.10. The molecule has 0 spiro atoms. The van der Waals surface area contributed by atoms with Gasteiger partial charge in [-0.15, -0.1) is 11.3 Å². The van der Waals surface area contributed by atoms with E-state index in [-0.39, 0.29) is 5.91 Å². The van der Waals surface area contributed by atoms with Gasteiger partial charge in [-0.3, -0.25) is 9.78 Å². The molecule has 112 valence electrons. The van der Waals surface area contributed by atoms with E-state index in [4.69, 9.17) is 4.74 Å². The Balaban J connectivity index is 1.84. The van der Waals surface area contributed by atoms with Crippen molar-refractivity contribution in [3.05, 3.63) is 52.8 Å². The fraction of sp³-hybridized carbons (Fsp3) is 0.188. The van der Waals surface area contributed by atoms with Crippen LogP contribution in [-0.4, -0.2) is 23.0 Å². The van der Waals surface area contributed by atoms with Gasteiger partial charge in [-0.25, -0.2) is 4.98 Å². The molecule has 0 aliphatic rings. The number of aromatic nitrogens is 2. The van der Waals surface area contributed by atoms with Crippen LogP contribution in [0, 0.1) is 6.92 Å². The molecule has 0 aliphatic heterocycles. The number of rotatable bonds is 4. The zero-order chi connectivity index (χ0) is 15.5. The van der Waals surface area contributed by atoms with E-state index in [1.165, 1.54) is 11.3 Å². The number of amides is 1. The molecular formula is C16H15N3O2S. The number of aryl methyl sites for hydroxylation is 1. The highest BCUT2D eigenvalue weighted by molar-refractivity contribution is 7.20. The normalized spacial score (nSPS) is 10.6. The van der Waals surface area contributed by atoms with Gasteiger partial charge >= 0.3 is 0 Å². The fourth-order valence-electron chi connectivity index (χ4n) is 2.13. The highest BCUT2D eigenvalue weighted by atomic mass is 32.1. The minimum Gasteiger partial charge on any atom is -0.494 e.